The standard InChI is InChI=1S/C19H18N4OS/c1-11-4-3-5-15(12(11)2)21-19-23-22-17(10-25-19)13-6-7-16-14(8-13)9-18(24)20-16/h3-8H,9-10H2,1-2H3,(H,20,24)(H,21,23). The minimum atomic E-state index is 0.0492. The number of hydrogen-bond acceptors (Lipinski definition) is 4. The largest absolute Gasteiger partial charge is 0.326 e. The van der Waals surface area contributed by atoms with Gasteiger partial charge in [-0.15, -0.1) is 0 Å². The molecular formula is C19H18N4OS. The van der Waals surface area contributed by atoms with Gasteiger partial charge in [-0.05, 0) is 54.3 Å². The van der Waals surface area contributed by atoms with E-state index in [2.05, 4.69) is 40.8 Å². The third-order valence-electron chi connectivity index (χ3n) is 4.49. The van der Waals surface area contributed by atoms with Crippen LogP contribution in [0.25, 0.3) is 0 Å². The fourth-order valence-corrected chi connectivity index (χ4v) is 3.67. The summed E-state index contributed by atoms with van der Waals surface area (Å²) in [5.41, 5.74) is 10.4. The van der Waals surface area contributed by atoms with Gasteiger partial charge in [-0.25, -0.2) is 4.99 Å². The maximum Gasteiger partial charge on any atom is 0.228 e. The number of anilines is 1. The predicted molar refractivity (Wildman–Crippen MR) is 104 cm³/mol. The molecule has 2 aliphatic heterocycles. The van der Waals surface area contributed by atoms with E-state index in [0.717, 1.165) is 39.1 Å². The topological polar surface area (TPSA) is 65.8 Å². The maximum absolute atomic E-state index is 11.5. The number of nitrogens with zero attached hydrogens (tertiary/aromatic N) is 2. The highest BCUT2D eigenvalue weighted by atomic mass is 32.2. The van der Waals surface area contributed by atoms with E-state index in [1.807, 2.05) is 30.3 Å². The summed E-state index contributed by atoms with van der Waals surface area (Å²) < 4.78 is 0. The summed E-state index contributed by atoms with van der Waals surface area (Å²) >= 11 is 1.63. The molecule has 0 unspecified atom stereocenters. The number of carbonyl (C=O) groups is 1. The smallest absolute Gasteiger partial charge is 0.228 e. The zero-order valence-electron chi connectivity index (χ0n) is 14.1. The van der Waals surface area contributed by atoms with Gasteiger partial charge in [0, 0.05) is 11.4 Å². The van der Waals surface area contributed by atoms with Crippen LogP contribution < -0.4 is 10.7 Å². The Balaban J connectivity index is 1.55. The van der Waals surface area contributed by atoms with E-state index in [1.165, 1.54) is 11.1 Å². The highest BCUT2D eigenvalue weighted by Gasteiger charge is 2.20. The fourth-order valence-electron chi connectivity index (χ4n) is 2.90. The van der Waals surface area contributed by atoms with E-state index in [4.69, 9.17) is 0 Å². The van der Waals surface area contributed by atoms with Crippen LogP contribution in [0, 0.1) is 13.8 Å². The minimum absolute atomic E-state index is 0.0492. The monoisotopic (exact) mass is 350 g/mol. The summed E-state index contributed by atoms with van der Waals surface area (Å²) in [5.74, 6) is 0.796. The molecule has 2 aliphatic rings. The van der Waals surface area contributed by atoms with Crippen LogP contribution in [-0.4, -0.2) is 22.5 Å². The number of amidine groups is 1. The second-order valence-corrected chi connectivity index (χ2v) is 7.16. The Labute approximate surface area is 150 Å². The number of carbonyl (C=O) groups excluding carboxylic acids is 1. The molecule has 2 N–H and O–H groups in total. The maximum atomic E-state index is 11.5. The molecule has 0 radical (unpaired) electrons. The van der Waals surface area contributed by atoms with Crippen LogP contribution in [0.3, 0.4) is 0 Å². The molecule has 6 heteroatoms. The Hall–Kier alpha value is -2.60. The highest BCUT2D eigenvalue weighted by molar-refractivity contribution is 8.14. The lowest BCUT2D eigenvalue weighted by Crippen LogP contribution is -2.25. The first kappa shape index (κ1) is 15.9. The average molecular weight is 350 g/mol. The van der Waals surface area contributed by atoms with Crippen molar-refractivity contribution < 1.29 is 4.79 Å². The summed E-state index contributed by atoms with van der Waals surface area (Å²) in [4.78, 5) is 16.2. The van der Waals surface area contributed by atoms with Crippen LogP contribution in [0.1, 0.15) is 22.3 Å². The highest BCUT2D eigenvalue weighted by Crippen LogP contribution is 2.26. The number of benzene rings is 2. The van der Waals surface area contributed by atoms with Gasteiger partial charge >= 0.3 is 0 Å². The number of hydrazone groups is 1. The molecule has 4 rings (SSSR count). The Kier molecular flexibility index (Phi) is 4.05. The van der Waals surface area contributed by atoms with Gasteiger partial charge in [0.2, 0.25) is 5.91 Å². The van der Waals surface area contributed by atoms with Gasteiger partial charge in [0.1, 0.15) is 0 Å². The van der Waals surface area contributed by atoms with E-state index < -0.39 is 0 Å². The number of hydrogen-bond donors (Lipinski definition) is 2. The Morgan fingerprint density at radius 3 is 2.88 bits per heavy atom. The van der Waals surface area contributed by atoms with Crippen molar-refractivity contribution in [3.8, 4) is 0 Å². The lowest BCUT2D eigenvalue weighted by Gasteiger charge is -2.16. The van der Waals surface area contributed by atoms with Crippen molar-refractivity contribution in [1.29, 1.82) is 0 Å². The zero-order chi connectivity index (χ0) is 17.4. The Morgan fingerprint density at radius 2 is 2.08 bits per heavy atom. The van der Waals surface area contributed by atoms with Gasteiger partial charge in [-0.2, -0.15) is 5.10 Å². The number of aliphatic imine (C=N–C) groups is 1. The van der Waals surface area contributed by atoms with Crippen molar-refractivity contribution in [2.75, 3.05) is 11.1 Å². The first-order valence-electron chi connectivity index (χ1n) is 8.13. The lowest BCUT2D eigenvalue weighted by atomic mass is 10.1. The predicted octanol–water partition coefficient (Wildman–Crippen LogP) is 3.53. The fraction of sp³-hybridized carbons (Fsp3) is 0.211. The second-order valence-electron chi connectivity index (χ2n) is 6.19. The number of amides is 1. The number of thioether (sulfide) groups is 1. The van der Waals surface area contributed by atoms with Crippen molar-refractivity contribution >= 4 is 39.9 Å². The summed E-state index contributed by atoms with van der Waals surface area (Å²) in [7, 11) is 0. The summed E-state index contributed by atoms with van der Waals surface area (Å²) in [6.07, 6.45) is 0.441. The molecule has 0 atom stereocenters. The van der Waals surface area contributed by atoms with E-state index in [-0.39, 0.29) is 5.91 Å². The van der Waals surface area contributed by atoms with Gasteiger partial charge < -0.3 is 5.32 Å². The van der Waals surface area contributed by atoms with Gasteiger partial charge in [0.05, 0.1) is 17.8 Å². The molecule has 0 fully saturated rings. The number of aryl methyl sites for hydroxylation is 1. The van der Waals surface area contributed by atoms with Crippen LogP contribution in [0.15, 0.2) is 46.5 Å². The lowest BCUT2D eigenvalue weighted by molar-refractivity contribution is -0.115. The zero-order valence-corrected chi connectivity index (χ0v) is 14.9. The van der Waals surface area contributed by atoms with Crippen molar-refractivity contribution in [3.05, 3.63) is 58.7 Å². The molecule has 0 aliphatic carbocycles. The molecule has 0 spiro atoms. The quantitative estimate of drug-likeness (QED) is 0.871. The van der Waals surface area contributed by atoms with Gasteiger partial charge in [-0.3, -0.25) is 10.2 Å². The van der Waals surface area contributed by atoms with Crippen LogP contribution >= 0.6 is 11.8 Å². The van der Waals surface area contributed by atoms with Crippen LogP contribution in [0.5, 0.6) is 0 Å². The van der Waals surface area contributed by atoms with Gasteiger partial charge in [0.25, 0.3) is 0 Å². The Morgan fingerprint density at radius 1 is 1.20 bits per heavy atom. The van der Waals surface area contributed by atoms with Gasteiger partial charge in [-0.1, -0.05) is 30.0 Å². The normalized spacial score (nSPS) is 17.8. The Bertz CT molecular complexity index is 933. The molecule has 126 valence electrons. The van der Waals surface area contributed by atoms with E-state index in [1.54, 1.807) is 11.8 Å². The van der Waals surface area contributed by atoms with Crippen LogP contribution in [0.4, 0.5) is 11.4 Å². The molecule has 2 aromatic rings. The molecule has 0 bridgehead atoms. The summed E-state index contributed by atoms with van der Waals surface area (Å²) in [5, 5.41) is 8.14. The molecule has 5 nitrogen and oxygen atoms in total. The first-order chi connectivity index (χ1) is 12.1. The molecule has 0 saturated heterocycles. The molecule has 2 aromatic carbocycles. The van der Waals surface area contributed by atoms with Crippen molar-refractivity contribution in [3.63, 3.8) is 0 Å². The van der Waals surface area contributed by atoms with Crippen LogP contribution in [-0.2, 0) is 11.2 Å². The molecular weight excluding hydrogens is 332 g/mol. The van der Waals surface area contributed by atoms with Crippen LogP contribution in [0.2, 0.25) is 0 Å². The summed E-state index contributed by atoms with van der Waals surface area (Å²) in [6, 6.07) is 12.1. The van der Waals surface area contributed by atoms with Crippen molar-refractivity contribution in [2.45, 2.75) is 20.3 Å². The summed E-state index contributed by atoms with van der Waals surface area (Å²) in [6.45, 7) is 4.17. The molecule has 2 heterocycles. The molecule has 0 saturated carbocycles. The number of rotatable bonds is 2. The van der Waals surface area contributed by atoms with Crippen molar-refractivity contribution in [2.24, 2.45) is 10.1 Å². The third kappa shape index (κ3) is 3.17. The van der Waals surface area contributed by atoms with E-state index >= 15 is 0 Å². The average Bonchev–Trinajstić information content (AvgIpc) is 2.99. The van der Waals surface area contributed by atoms with Crippen molar-refractivity contribution in [1.82, 2.24) is 5.43 Å². The molecule has 25 heavy (non-hydrogen) atoms. The molecule has 1 amide bonds. The number of fused-ring (bicyclic) bond motifs is 1. The first-order valence-corrected chi connectivity index (χ1v) is 9.12. The third-order valence-corrected chi connectivity index (χ3v) is 5.37. The van der Waals surface area contributed by atoms with E-state index in [9.17, 15) is 4.79 Å². The van der Waals surface area contributed by atoms with Gasteiger partial charge in [0.15, 0.2) is 5.17 Å². The number of nitrogens with one attached hydrogen (secondary N) is 2. The SMILES string of the molecule is Cc1cccc(N=C2NN=C(c3ccc4c(c3)CC(=O)N4)CS2)c1C. The minimum Gasteiger partial charge on any atom is -0.326 e. The molecule has 0 aromatic heterocycles. The second kappa shape index (κ2) is 6.37. The van der Waals surface area contributed by atoms with E-state index in [0.29, 0.717) is 6.42 Å².